The van der Waals surface area contributed by atoms with Crippen LogP contribution in [0.15, 0.2) is 48.8 Å². The van der Waals surface area contributed by atoms with Crippen LogP contribution in [0.25, 0.3) is 17.8 Å². The lowest BCUT2D eigenvalue weighted by molar-refractivity contribution is 0.0184. The average molecular weight is 594 g/mol. The number of ether oxygens (including phenoxy) is 1. The van der Waals surface area contributed by atoms with E-state index in [0.29, 0.717) is 30.2 Å². The van der Waals surface area contributed by atoms with Crippen LogP contribution in [-0.2, 0) is 4.74 Å². The van der Waals surface area contributed by atoms with E-state index in [4.69, 9.17) is 14.9 Å². The second-order valence-corrected chi connectivity index (χ2v) is 12.1. The zero-order valence-corrected chi connectivity index (χ0v) is 24.3. The van der Waals surface area contributed by atoms with E-state index in [2.05, 4.69) is 4.98 Å². The maximum atomic E-state index is 14.6. The largest absolute Gasteiger partial charge is 0.444 e. The Morgan fingerprint density at radius 2 is 1.84 bits per heavy atom. The molecule has 4 aromatic rings. The molecular formula is C31H34F3N7O2. The first-order valence-corrected chi connectivity index (χ1v) is 14.5. The van der Waals surface area contributed by atoms with Crippen LogP contribution in [0.3, 0.4) is 0 Å². The highest BCUT2D eigenvalue weighted by Gasteiger charge is 2.36. The van der Waals surface area contributed by atoms with E-state index in [-0.39, 0.29) is 30.7 Å². The molecule has 9 nitrogen and oxygen atoms in total. The van der Waals surface area contributed by atoms with Gasteiger partial charge in [-0.1, -0.05) is 0 Å². The van der Waals surface area contributed by atoms with Crippen LogP contribution in [0.2, 0.25) is 0 Å². The van der Waals surface area contributed by atoms with Crippen molar-refractivity contribution >= 4 is 29.7 Å². The Balaban J connectivity index is 1.16. The summed E-state index contributed by atoms with van der Waals surface area (Å²) in [5, 5.41) is 9.41. The molecule has 2 atom stereocenters. The summed E-state index contributed by atoms with van der Waals surface area (Å²) in [6.45, 7) is 6.81. The number of carbonyl (C=O) groups excluding carboxylic acids is 1. The van der Waals surface area contributed by atoms with Crippen molar-refractivity contribution in [1.82, 2.24) is 29.3 Å². The second-order valence-electron chi connectivity index (χ2n) is 12.1. The molecule has 12 heteroatoms. The number of fused-ring (bicyclic) bond motifs is 1. The van der Waals surface area contributed by atoms with Crippen LogP contribution in [0.5, 0.6) is 0 Å². The van der Waals surface area contributed by atoms with Crippen LogP contribution in [0, 0.1) is 11.6 Å². The minimum Gasteiger partial charge on any atom is -0.444 e. The fourth-order valence-electron chi connectivity index (χ4n) is 5.71. The van der Waals surface area contributed by atoms with Crippen molar-refractivity contribution in [2.45, 2.75) is 63.9 Å². The summed E-state index contributed by atoms with van der Waals surface area (Å²) in [5.41, 5.74) is 1.61. The maximum absolute atomic E-state index is 14.6. The third kappa shape index (κ3) is 6.23. The molecule has 0 aliphatic carbocycles. The summed E-state index contributed by atoms with van der Waals surface area (Å²) < 4.78 is 52.2. The standard InChI is InChI=1S/C31H34F3N7O2/c1-31(2,3)43-30(42)38-13-11-23(12-14-38)40-15-10-22(36-40)5-6-24-18-35-28-8-9-29(37-41(24)28)39-19-21(33)17-27(39)25-16-20(32)4-7-26(25)34/h4-10,15-16,18,21,23,27H,11-14,17,19H2,1-3H3/b6-5+/t21-,27+/m0/s1. The molecule has 2 fully saturated rings. The molecule has 2 saturated heterocycles. The first-order chi connectivity index (χ1) is 20.5. The van der Waals surface area contributed by atoms with Gasteiger partial charge < -0.3 is 14.5 Å². The van der Waals surface area contributed by atoms with E-state index in [1.54, 1.807) is 32.6 Å². The number of imidazole rings is 1. The highest BCUT2D eigenvalue weighted by Crippen LogP contribution is 2.38. The summed E-state index contributed by atoms with van der Waals surface area (Å²) in [6.07, 6.45) is 7.43. The number of hydrogen-bond acceptors (Lipinski definition) is 6. The minimum absolute atomic E-state index is 0.0210. The minimum atomic E-state index is -1.20. The third-order valence-corrected chi connectivity index (χ3v) is 7.78. The number of benzene rings is 1. The number of alkyl halides is 1. The number of likely N-dealkylation sites (tertiary alicyclic amines) is 1. The van der Waals surface area contributed by atoms with E-state index in [1.807, 2.05) is 49.9 Å². The summed E-state index contributed by atoms with van der Waals surface area (Å²) in [7, 11) is 0. The predicted molar refractivity (Wildman–Crippen MR) is 156 cm³/mol. The number of anilines is 1. The van der Waals surface area contributed by atoms with Gasteiger partial charge in [0.25, 0.3) is 0 Å². The lowest BCUT2D eigenvalue weighted by Crippen LogP contribution is -2.42. The SMILES string of the molecule is CC(C)(C)OC(=O)N1CCC(n2ccc(/C=C/c3cnc4ccc(N5C[C@@H](F)C[C@@H]5c5cc(F)ccc5F)nn34)n2)CC1. The number of amides is 1. The molecule has 226 valence electrons. The van der Waals surface area contributed by atoms with Gasteiger partial charge in [0.1, 0.15) is 29.2 Å². The fraction of sp³-hybridized carbons (Fsp3) is 0.419. The Hall–Kier alpha value is -4.35. The first kappa shape index (κ1) is 28.8. The van der Waals surface area contributed by atoms with Gasteiger partial charge >= 0.3 is 6.09 Å². The number of rotatable bonds is 5. The zero-order chi connectivity index (χ0) is 30.3. The lowest BCUT2D eigenvalue weighted by Gasteiger charge is -2.33. The zero-order valence-electron chi connectivity index (χ0n) is 24.3. The van der Waals surface area contributed by atoms with Crippen LogP contribution in [-0.4, -0.2) is 66.8 Å². The van der Waals surface area contributed by atoms with Crippen molar-refractivity contribution < 1.29 is 22.7 Å². The molecule has 0 unspecified atom stereocenters. The monoisotopic (exact) mass is 593 g/mol. The van der Waals surface area contributed by atoms with Crippen LogP contribution in [0.1, 0.15) is 69.1 Å². The van der Waals surface area contributed by atoms with Crippen molar-refractivity contribution in [2.75, 3.05) is 24.5 Å². The van der Waals surface area contributed by atoms with Gasteiger partial charge in [0, 0.05) is 31.3 Å². The number of nitrogens with zero attached hydrogens (tertiary/aromatic N) is 7. The van der Waals surface area contributed by atoms with Gasteiger partial charge in [0.2, 0.25) is 0 Å². The summed E-state index contributed by atoms with van der Waals surface area (Å²) in [4.78, 5) is 20.2. The Morgan fingerprint density at radius 1 is 1.05 bits per heavy atom. The molecule has 6 rings (SSSR count). The smallest absolute Gasteiger partial charge is 0.410 e. The number of halogens is 3. The molecule has 0 saturated carbocycles. The van der Waals surface area contributed by atoms with Gasteiger partial charge in [0.05, 0.1) is 36.2 Å². The molecule has 43 heavy (non-hydrogen) atoms. The molecule has 1 amide bonds. The van der Waals surface area contributed by atoms with Gasteiger partial charge in [-0.2, -0.15) is 5.10 Å². The van der Waals surface area contributed by atoms with E-state index < -0.39 is 29.4 Å². The highest BCUT2D eigenvalue weighted by molar-refractivity contribution is 5.68. The average Bonchev–Trinajstić information content (AvgIpc) is 3.70. The number of hydrogen-bond donors (Lipinski definition) is 0. The van der Waals surface area contributed by atoms with Crippen molar-refractivity contribution in [3.8, 4) is 0 Å². The van der Waals surface area contributed by atoms with Crippen molar-refractivity contribution in [1.29, 1.82) is 0 Å². The van der Waals surface area contributed by atoms with E-state index >= 15 is 0 Å². The number of carbonyl (C=O) groups is 1. The summed E-state index contributed by atoms with van der Waals surface area (Å²) in [5.74, 6) is -0.709. The second kappa shape index (κ2) is 11.4. The quantitative estimate of drug-likeness (QED) is 0.273. The van der Waals surface area contributed by atoms with Gasteiger partial charge in [-0.15, -0.1) is 5.10 Å². The van der Waals surface area contributed by atoms with Crippen molar-refractivity contribution in [3.05, 3.63) is 77.4 Å². The molecule has 3 aromatic heterocycles. The van der Waals surface area contributed by atoms with Crippen LogP contribution >= 0.6 is 0 Å². The lowest BCUT2D eigenvalue weighted by atomic mass is 10.0. The van der Waals surface area contributed by atoms with Crippen LogP contribution in [0.4, 0.5) is 23.8 Å². The Kier molecular flexibility index (Phi) is 7.61. The molecule has 5 heterocycles. The Morgan fingerprint density at radius 3 is 2.60 bits per heavy atom. The molecule has 0 radical (unpaired) electrons. The summed E-state index contributed by atoms with van der Waals surface area (Å²) >= 11 is 0. The highest BCUT2D eigenvalue weighted by atomic mass is 19.1. The molecule has 0 bridgehead atoms. The maximum Gasteiger partial charge on any atom is 0.410 e. The number of aromatic nitrogens is 5. The molecule has 2 aliphatic heterocycles. The Labute approximate surface area is 247 Å². The van der Waals surface area contributed by atoms with E-state index in [1.165, 1.54) is 0 Å². The Bertz CT molecular complexity index is 1650. The topological polar surface area (TPSA) is 80.8 Å². The van der Waals surface area contributed by atoms with Gasteiger partial charge in [-0.3, -0.25) is 4.68 Å². The molecule has 1 aromatic carbocycles. The predicted octanol–water partition coefficient (Wildman–Crippen LogP) is 6.24. The van der Waals surface area contributed by atoms with Crippen molar-refractivity contribution in [2.24, 2.45) is 0 Å². The normalized spacial score (nSPS) is 20.0. The molecular weight excluding hydrogens is 559 g/mol. The van der Waals surface area contributed by atoms with Gasteiger partial charge in [-0.25, -0.2) is 27.5 Å². The molecule has 2 aliphatic rings. The first-order valence-electron chi connectivity index (χ1n) is 14.5. The van der Waals surface area contributed by atoms with E-state index in [9.17, 15) is 18.0 Å². The van der Waals surface area contributed by atoms with E-state index in [0.717, 1.165) is 36.7 Å². The number of piperidine rings is 1. The molecule has 0 spiro atoms. The van der Waals surface area contributed by atoms with Crippen LogP contribution < -0.4 is 4.90 Å². The van der Waals surface area contributed by atoms with Gasteiger partial charge in [-0.05, 0) is 82.2 Å². The summed E-state index contributed by atoms with van der Waals surface area (Å²) in [6, 6.07) is 8.14. The third-order valence-electron chi connectivity index (χ3n) is 7.78. The fourth-order valence-corrected chi connectivity index (χ4v) is 5.71. The van der Waals surface area contributed by atoms with Gasteiger partial charge in [0.15, 0.2) is 5.65 Å². The molecule has 0 N–H and O–H groups in total. The van der Waals surface area contributed by atoms with Crippen molar-refractivity contribution in [3.63, 3.8) is 0 Å².